The molecule has 152 valence electrons. The third-order valence-corrected chi connectivity index (χ3v) is 5.23. The van der Waals surface area contributed by atoms with Crippen LogP contribution in [0, 0.1) is 0 Å². The van der Waals surface area contributed by atoms with Gasteiger partial charge in [0.05, 0.1) is 28.4 Å². The highest BCUT2D eigenvalue weighted by Crippen LogP contribution is 2.40. The van der Waals surface area contributed by atoms with Crippen molar-refractivity contribution in [1.82, 2.24) is 9.80 Å². The first-order chi connectivity index (χ1) is 13.7. The number of piperazine rings is 1. The fraction of sp³-hybridized carbons (Fsp3) is 0.455. The van der Waals surface area contributed by atoms with Crippen molar-refractivity contribution in [2.24, 2.45) is 0 Å². The Kier molecular flexibility index (Phi) is 7.01. The summed E-state index contributed by atoms with van der Waals surface area (Å²) in [5.74, 6) is 3.04. The third kappa shape index (κ3) is 4.51. The molecular formula is C22H30N2O4. The van der Waals surface area contributed by atoms with Crippen molar-refractivity contribution < 1.29 is 18.9 Å². The number of ether oxygens (including phenoxy) is 4. The molecule has 0 spiro atoms. The minimum absolute atomic E-state index is 0.650. The monoisotopic (exact) mass is 386 g/mol. The molecule has 0 N–H and O–H groups in total. The molecule has 0 aliphatic carbocycles. The Morgan fingerprint density at radius 2 is 1.18 bits per heavy atom. The largest absolute Gasteiger partial charge is 0.496 e. The average molecular weight is 386 g/mol. The highest BCUT2D eigenvalue weighted by molar-refractivity contribution is 5.55. The number of para-hydroxylation sites is 1. The molecule has 0 amide bonds. The van der Waals surface area contributed by atoms with Gasteiger partial charge >= 0.3 is 0 Å². The maximum atomic E-state index is 5.62. The first-order valence-corrected chi connectivity index (χ1v) is 9.54. The number of methoxy groups -OCH3 is 4. The lowest BCUT2D eigenvalue weighted by molar-refractivity contribution is 0.120. The number of hydrogen-bond acceptors (Lipinski definition) is 6. The molecule has 28 heavy (non-hydrogen) atoms. The van der Waals surface area contributed by atoms with Crippen LogP contribution in [0.2, 0.25) is 0 Å². The molecule has 0 saturated carbocycles. The van der Waals surface area contributed by atoms with Crippen LogP contribution in [0.5, 0.6) is 23.0 Å². The summed E-state index contributed by atoms with van der Waals surface area (Å²) in [5.41, 5.74) is 2.35. The molecule has 1 aliphatic rings. The summed E-state index contributed by atoms with van der Waals surface area (Å²) >= 11 is 0. The van der Waals surface area contributed by atoms with Crippen molar-refractivity contribution in [3.63, 3.8) is 0 Å². The van der Waals surface area contributed by atoms with Gasteiger partial charge in [-0.05, 0) is 12.1 Å². The van der Waals surface area contributed by atoms with Crippen LogP contribution in [0.3, 0.4) is 0 Å². The van der Waals surface area contributed by atoms with Crippen molar-refractivity contribution in [3.05, 3.63) is 47.5 Å². The van der Waals surface area contributed by atoms with Crippen molar-refractivity contribution in [2.75, 3.05) is 54.6 Å². The zero-order chi connectivity index (χ0) is 19.9. The Bertz CT molecular complexity index is 773. The Morgan fingerprint density at radius 1 is 0.607 bits per heavy atom. The first kappa shape index (κ1) is 20.3. The zero-order valence-corrected chi connectivity index (χ0v) is 17.2. The van der Waals surface area contributed by atoms with E-state index in [1.807, 2.05) is 18.2 Å². The molecule has 2 aromatic rings. The van der Waals surface area contributed by atoms with Gasteiger partial charge in [0.15, 0.2) is 11.5 Å². The molecule has 1 saturated heterocycles. The van der Waals surface area contributed by atoms with Gasteiger partial charge in [-0.2, -0.15) is 0 Å². The molecular weight excluding hydrogens is 356 g/mol. The molecule has 6 nitrogen and oxygen atoms in total. The van der Waals surface area contributed by atoms with Gasteiger partial charge in [0.2, 0.25) is 5.75 Å². The lowest BCUT2D eigenvalue weighted by Crippen LogP contribution is -2.45. The molecule has 2 aromatic carbocycles. The number of rotatable bonds is 8. The smallest absolute Gasteiger partial charge is 0.203 e. The van der Waals surface area contributed by atoms with E-state index in [2.05, 4.69) is 28.0 Å². The average Bonchev–Trinajstić information content (AvgIpc) is 2.75. The maximum Gasteiger partial charge on any atom is 0.203 e. The molecule has 0 radical (unpaired) electrons. The van der Waals surface area contributed by atoms with E-state index in [1.54, 1.807) is 28.4 Å². The number of benzene rings is 2. The molecule has 0 atom stereocenters. The van der Waals surface area contributed by atoms with Gasteiger partial charge in [0.1, 0.15) is 5.75 Å². The minimum atomic E-state index is 0.650. The van der Waals surface area contributed by atoms with Gasteiger partial charge in [-0.25, -0.2) is 0 Å². The summed E-state index contributed by atoms with van der Waals surface area (Å²) in [4.78, 5) is 4.92. The summed E-state index contributed by atoms with van der Waals surface area (Å²) in [5, 5.41) is 0. The SMILES string of the molecule is COc1ccccc1CN1CCN(Cc2ccc(OC)c(OC)c2OC)CC1. The van der Waals surface area contributed by atoms with E-state index < -0.39 is 0 Å². The second-order valence-electron chi connectivity index (χ2n) is 6.86. The van der Waals surface area contributed by atoms with Gasteiger partial charge < -0.3 is 18.9 Å². The Hall–Kier alpha value is -2.44. The molecule has 1 fully saturated rings. The first-order valence-electron chi connectivity index (χ1n) is 9.54. The fourth-order valence-corrected chi connectivity index (χ4v) is 3.71. The predicted octanol–water partition coefficient (Wildman–Crippen LogP) is 3.04. The summed E-state index contributed by atoms with van der Waals surface area (Å²) in [6.07, 6.45) is 0. The van der Waals surface area contributed by atoms with E-state index in [4.69, 9.17) is 18.9 Å². The van der Waals surface area contributed by atoms with Crippen LogP contribution in [-0.4, -0.2) is 64.4 Å². The Labute approximate surface area is 167 Å². The molecule has 0 aromatic heterocycles. The van der Waals surface area contributed by atoms with Crippen LogP contribution < -0.4 is 18.9 Å². The van der Waals surface area contributed by atoms with E-state index in [9.17, 15) is 0 Å². The number of hydrogen-bond donors (Lipinski definition) is 0. The van der Waals surface area contributed by atoms with Crippen molar-refractivity contribution in [3.8, 4) is 23.0 Å². The van der Waals surface area contributed by atoms with E-state index in [1.165, 1.54) is 5.56 Å². The summed E-state index contributed by atoms with van der Waals surface area (Å²) in [7, 11) is 6.68. The summed E-state index contributed by atoms with van der Waals surface area (Å²) in [6, 6.07) is 12.2. The second kappa shape index (κ2) is 9.66. The van der Waals surface area contributed by atoms with Crippen molar-refractivity contribution >= 4 is 0 Å². The van der Waals surface area contributed by atoms with Crippen LogP contribution >= 0.6 is 0 Å². The Morgan fingerprint density at radius 3 is 1.75 bits per heavy atom. The van der Waals surface area contributed by atoms with E-state index in [0.717, 1.165) is 56.3 Å². The lowest BCUT2D eigenvalue weighted by Gasteiger charge is -2.35. The zero-order valence-electron chi connectivity index (χ0n) is 17.2. The van der Waals surface area contributed by atoms with Crippen molar-refractivity contribution in [2.45, 2.75) is 13.1 Å². The van der Waals surface area contributed by atoms with E-state index >= 15 is 0 Å². The fourth-order valence-electron chi connectivity index (χ4n) is 3.71. The van der Waals surface area contributed by atoms with Gasteiger partial charge in [-0.3, -0.25) is 9.80 Å². The maximum absolute atomic E-state index is 5.62. The topological polar surface area (TPSA) is 43.4 Å². The van der Waals surface area contributed by atoms with Gasteiger partial charge in [0.25, 0.3) is 0 Å². The molecule has 1 heterocycles. The van der Waals surface area contributed by atoms with Crippen LogP contribution in [0.15, 0.2) is 36.4 Å². The lowest BCUT2D eigenvalue weighted by atomic mass is 10.1. The summed E-state index contributed by atoms with van der Waals surface area (Å²) < 4.78 is 22.0. The molecule has 1 aliphatic heterocycles. The third-order valence-electron chi connectivity index (χ3n) is 5.23. The normalized spacial score (nSPS) is 15.3. The molecule has 3 rings (SSSR count). The van der Waals surface area contributed by atoms with Crippen LogP contribution in [0.25, 0.3) is 0 Å². The molecule has 0 unspecified atom stereocenters. The second-order valence-corrected chi connectivity index (χ2v) is 6.86. The highest BCUT2D eigenvalue weighted by atomic mass is 16.5. The van der Waals surface area contributed by atoms with E-state index in [0.29, 0.717) is 11.5 Å². The standard InChI is InChI=1S/C22H30N2O4/c1-25-19-8-6-5-7-17(19)15-23-11-13-24(14-12-23)16-18-9-10-20(26-2)22(28-4)21(18)27-3/h5-10H,11-16H2,1-4H3. The van der Waals surface area contributed by atoms with Gasteiger partial charge in [0, 0.05) is 50.4 Å². The summed E-state index contributed by atoms with van der Waals surface area (Å²) in [6.45, 7) is 5.80. The van der Waals surface area contributed by atoms with Crippen LogP contribution in [-0.2, 0) is 13.1 Å². The number of nitrogens with zero attached hydrogens (tertiary/aromatic N) is 2. The van der Waals surface area contributed by atoms with E-state index in [-0.39, 0.29) is 0 Å². The highest BCUT2D eigenvalue weighted by Gasteiger charge is 2.21. The molecule has 0 bridgehead atoms. The van der Waals surface area contributed by atoms with Gasteiger partial charge in [-0.15, -0.1) is 0 Å². The Balaban J connectivity index is 1.61. The molecule has 6 heteroatoms. The quantitative estimate of drug-likeness (QED) is 0.695. The van der Waals surface area contributed by atoms with Gasteiger partial charge in [-0.1, -0.05) is 24.3 Å². The van der Waals surface area contributed by atoms with Crippen molar-refractivity contribution in [1.29, 1.82) is 0 Å². The van der Waals surface area contributed by atoms with Crippen LogP contribution in [0.4, 0.5) is 0 Å². The minimum Gasteiger partial charge on any atom is -0.496 e. The van der Waals surface area contributed by atoms with Crippen LogP contribution in [0.1, 0.15) is 11.1 Å². The predicted molar refractivity (Wildman–Crippen MR) is 110 cm³/mol.